The van der Waals surface area contributed by atoms with Gasteiger partial charge in [-0.15, -0.1) is 0 Å². The molecule has 2 aromatic carbocycles. The molecule has 4 rings (SSSR count). The van der Waals surface area contributed by atoms with Crippen LogP contribution in [0.5, 0.6) is 0 Å². The summed E-state index contributed by atoms with van der Waals surface area (Å²) in [7, 11) is 0. The maximum atomic E-state index is 11.5. The molecule has 2 atom stereocenters. The summed E-state index contributed by atoms with van der Waals surface area (Å²) in [5.41, 5.74) is 3.16. The molecule has 0 aromatic heterocycles. The monoisotopic (exact) mass is 335 g/mol. The van der Waals surface area contributed by atoms with E-state index in [0.29, 0.717) is 18.0 Å². The predicted octanol–water partition coefficient (Wildman–Crippen LogP) is 4.82. The second-order valence-corrected chi connectivity index (χ2v) is 8.26. The van der Waals surface area contributed by atoms with Crippen molar-refractivity contribution in [1.29, 1.82) is 0 Å². The van der Waals surface area contributed by atoms with E-state index in [9.17, 15) is 5.11 Å². The number of piperidine rings is 1. The van der Waals surface area contributed by atoms with E-state index in [1.54, 1.807) is 0 Å². The largest absolute Gasteiger partial charge is 0.385 e. The molecule has 0 amide bonds. The molecule has 2 nitrogen and oxygen atoms in total. The molecule has 0 radical (unpaired) electrons. The summed E-state index contributed by atoms with van der Waals surface area (Å²) < 4.78 is 0. The van der Waals surface area contributed by atoms with Gasteiger partial charge in [-0.05, 0) is 48.3 Å². The van der Waals surface area contributed by atoms with Gasteiger partial charge in [-0.2, -0.15) is 0 Å². The van der Waals surface area contributed by atoms with Crippen LogP contribution in [-0.2, 0) is 12.1 Å². The molecule has 2 bridgehead atoms. The molecular weight excluding hydrogens is 306 g/mol. The van der Waals surface area contributed by atoms with Gasteiger partial charge in [0.1, 0.15) is 0 Å². The first-order valence-electron chi connectivity index (χ1n) is 9.68. The molecule has 0 spiro atoms. The summed E-state index contributed by atoms with van der Waals surface area (Å²) in [6.45, 7) is 5.45. The van der Waals surface area contributed by atoms with E-state index >= 15 is 0 Å². The second-order valence-electron chi connectivity index (χ2n) is 8.26. The Morgan fingerprint density at radius 2 is 1.68 bits per heavy atom. The molecule has 25 heavy (non-hydrogen) atoms. The van der Waals surface area contributed by atoms with E-state index in [0.717, 1.165) is 24.9 Å². The lowest BCUT2D eigenvalue weighted by molar-refractivity contribution is -0.0595. The van der Waals surface area contributed by atoms with Gasteiger partial charge in [-0.1, -0.05) is 68.4 Å². The van der Waals surface area contributed by atoms with E-state index in [4.69, 9.17) is 0 Å². The summed E-state index contributed by atoms with van der Waals surface area (Å²) in [6.07, 6.45) is 4.14. The Balaban J connectivity index is 1.55. The lowest BCUT2D eigenvalue weighted by Crippen LogP contribution is -2.49. The summed E-state index contributed by atoms with van der Waals surface area (Å²) in [4.78, 5) is 2.64. The van der Waals surface area contributed by atoms with E-state index in [-0.39, 0.29) is 0 Å². The van der Waals surface area contributed by atoms with Gasteiger partial charge in [-0.3, -0.25) is 4.90 Å². The van der Waals surface area contributed by atoms with Crippen molar-refractivity contribution in [3.8, 4) is 0 Å². The average Bonchev–Trinajstić information content (AvgIpc) is 2.87. The highest BCUT2D eigenvalue weighted by molar-refractivity contribution is 5.31. The first kappa shape index (κ1) is 16.8. The maximum absolute atomic E-state index is 11.5. The van der Waals surface area contributed by atoms with Gasteiger partial charge >= 0.3 is 0 Å². The number of fused-ring (bicyclic) bond motifs is 2. The maximum Gasteiger partial charge on any atom is 0.0926 e. The number of nitrogens with zero attached hydrogens (tertiary/aromatic N) is 1. The fourth-order valence-electron chi connectivity index (χ4n) is 4.79. The molecule has 2 heterocycles. The first-order valence-corrected chi connectivity index (χ1v) is 9.68. The zero-order valence-electron chi connectivity index (χ0n) is 15.4. The minimum Gasteiger partial charge on any atom is -0.385 e. The third-order valence-corrected chi connectivity index (χ3v) is 6.22. The molecular formula is C23H29NO. The third-order valence-electron chi connectivity index (χ3n) is 6.22. The van der Waals surface area contributed by atoms with Gasteiger partial charge in [0.25, 0.3) is 0 Å². The Hall–Kier alpha value is -1.64. The molecule has 2 saturated heterocycles. The van der Waals surface area contributed by atoms with Crippen LogP contribution >= 0.6 is 0 Å². The predicted molar refractivity (Wildman–Crippen MR) is 102 cm³/mol. The lowest BCUT2D eigenvalue weighted by Gasteiger charge is -2.44. The number of benzene rings is 2. The fourth-order valence-corrected chi connectivity index (χ4v) is 4.79. The van der Waals surface area contributed by atoms with Crippen molar-refractivity contribution in [3.05, 3.63) is 71.3 Å². The zero-order valence-corrected chi connectivity index (χ0v) is 15.4. The molecule has 2 aromatic rings. The fraction of sp³-hybridized carbons (Fsp3) is 0.478. The Kier molecular flexibility index (Phi) is 4.43. The number of rotatable bonds is 4. The van der Waals surface area contributed by atoms with Gasteiger partial charge in [0.05, 0.1) is 5.60 Å². The summed E-state index contributed by atoms with van der Waals surface area (Å²) in [5, 5.41) is 11.5. The van der Waals surface area contributed by atoms with Crippen LogP contribution in [-0.4, -0.2) is 22.1 Å². The molecule has 0 saturated carbocycles. The SMILES string of the molecule is CC(C)c1cccc(C2(O)CC3CCC(C2)N3Cc2ccccc2)c1. The van der Waals surface area contributed by atoms with Gasteiger partial charge in [0.2, 0.25) is 0 Å². The average molecular weight is 335 g/mol. The highest BCUT2D eigenvalue weighted by Gasteiger charge is 2.48. The Bertz CT molecular complexity index is 710. The smallest absolute Gasteiger partial charge is 0.0926 e. The first-order chi connectivity index (χ1) is 12.0. The van der Waals surface area contributed by atoms with E-state index in [1.807, 2.05) is 0 Å². The van der Waals surface area contributed by atoms with E-state index in [2.05, 4.69) is 73.3 Å². The molecule has 2 unspecified atom stereocenters. The molecule has 2 aliphatic heterocycles. The molecule has 2 heteroatoms. The van der Waals surface area contributed by atoms with E-state index < -0.39 is 5.60 Å². The minimum atomic E-state index is -0.663. The molecule has 0 aliphatic carbocycles. The quantitative estimate of drug-likeness (QED) is 0.865. The van der Waals surface area contributed by atoms with Gasteiger partial charge in [0, 0.05) is 18.6 Å². The van der Waals surface area contributed by atoms with Crippen molar-refractivity contribution in [2.24, 2.45) is 0 Å². The van der Waals surface area contributed by atoms with Crippen LogP contribution < -0.4 is 0 Å². The number of hydrogen-bond acceptors (Lipinski definition) is 2. The van der Waals surface area contributed by atoms with Crippen molar-refractivity contribution in [2.75, 3.05) is 0 Å². The van der Waals surface area contributed by atoms with Crippen molar-refractivity contribution in [3.63, 3.8) is 0 Å². The highest BCUT2D eigenvalue weighted by Crippen LogP contribution is 2.46. The molecule has 2 aliphatic rings. The summed E-state index contributed by atoms with van der Waals surface area (Å²) in [6, 6.07) is 20.4. The lowest BCUT2D eigenvalue weighted by atomic mass is 9.79. The standard InChI is InChI=1S/C23H29NO/c1-17(2)19-9-6-10-20(13-19)23(25)14-21-11-12-22(15-23)24(21)16-18-7-4-3-5-8-18/h3-10,13,17,21-22,25H,11-12,14-16H2,1-2H3. The number of hydrogen-bond donors (Lipinski definition) is 1. The Labute approximate surface area is 151 Å². The van der Waals surface area contributed by atoms with Crippen molar-refractivity contribution >= 4 is 0 Å². The van der Waals surface area contributed by atoms with Crippen LogP contribution in [0.2, 0.25) is 0 Å². The summed E-state index contributed by atoms with van der Waals surface area (Å²) in [5.74, 6) is 0.499. The minimum absolute atomic E-state index is 0.492. The van der Waals surface area contributed by atoms with Gasteiger partial charge in [-0.25, -0.2) is 0 Å². The topological polar surface area (TPSA) is 23.5 Å². The van der Waals surface area contributed by atoms with Crippen LogP contribution in [0.3, 0.4) is 0 Å². The number of aliphatic hydroxyl groups is 1. The van der Waals surface area contributed by atoms with Crippen LogP contribution in [0.1, 0.15) is 62.1 Å². The Morgan fingerprint density at radius 3 is 2.32 bits per heavy atom. The van der Waals surface area contributed by atoms with Crippen LogP contribution in [0, 0.1) is 0 Å². The van der Waals surface area contributed by atoms with Gasteiger partial charge < -0.3 is 5.11 Å². The highest BCUT2D eigenvalue weighted by atomic mass is 16.3. The molecule has 1 N–H and O–H groups in total. The van der Waals surface area contributed by atoms with Crippen LogP contribution in [0.25, 0.3) is 0 Å². The second kappa shape index (κ2) is 6.59. The third kappa shape index (κ3) is 3.26. The van der Waals surface area contributed by atoms with Crippen LogP contribution in [0.4, 0.5) is 0 Å². The van der Waals surface area contributed by atoms with Crippen molar-refractivity contribution in [2.45, 2.75) is 69.7 Å². The van der Waals surface area contributed by atoms with Crippen molar-refractivity contribution < 1.29 is 5.11 Å². The van der Waals surface area contributed by atoms with E-state index in [1.165, 1.54) is 24.0 Å². The zero-order chi connectivity index (χ0) is 17.4. The van der Waals surface area contributed by atoms with Crippen molar-refractivity contribution in [1.82, 2.24) is 4.90 Å². The molecule has 2 fully saturated rings. The normalized spacial score (nSPS) is 29.3. The summed E-state index contributed by atoms with van der Waals surface area (Å²) >= 11 is 0. The molecule has 132 valence electrons. The van der Waals surface area contributed by atoms with Crippen LogP contribution in [0.15, 0.2) is 54.6 Å². The Morgan fingerprint density at radius 1 is 1.00 bits per heavy atom. The van der Waals surface area contributed by atoms with Gasteiger partial charge in [0.15, 0.2) is 0 Å².